The molecular formula is C17H27N3O3S. The van der Waals surface area contributed by atoms with E-state index in [4.69, 9.17) is 0 Å². The minimum atomic E-state index is -3.52. The largest absolute Gasteiger partial charge is 0.337 e. The Balaban J connectivity index is 2.07. The molecular weight excluding hydrogens is 326 g/mol. The Kier molecular flexibility index (Phi) is 6.37. The van der Waals surface area contributed by atoms with Crippen LogP contribution in [0.4, 0.5) is 0 Å². The van der Waals surface area contributed by atoms with Gasteiger partial charge in [-0.3, -0.25) is 4.79 Å². The zero-order chi connectivity index (χ0) is 17.7. The molecule has 2 rings (SSSR count). The van der Waals surface area contributed by atoms with Crippen LogP contribution in [0.25, 0.3) is 0 Å². The van der Waals surface area contributed by atoms with Crippen molar-refractivity contribution in [3.8, 4) is 0 Å². The molecule has 0 saturated carbocycles. The molecule has 0 unspecified atom stereocenters. The summed E-state index contributed by atoms with van der Waals surface area (Å²) in [7, 11) is -1.46. The topological polar surface area (TPSA) is 69.7 Å². The van der Waals surface area contributed by atoms with Crippen LogP contribution in [-0.4, -0.2) is 63.9 Å². The third kappa shape index (κ3) is 5.03. The molecule has 1 aromatic carbocycles. The number of nitrogens with zero attached hydrogens (tertiary/aromatic N) is 2. The molecule has 1 aliphatic heterocycles. The minimum Gasteiger partial charge on any atom is -0.337 e. The molecule has 1 heterocycles. The highest BCUT2D eigenvalue weighted by Crippen LogP contribution is 2.14. The molecule has 0 bridgehead atoms. The Morgan fingerprint density at radius 1 is 1.12 bits per heavy atom. The molecule has 1 aromatic rings. The number of nitrogens with one attached hydrogen (secondary N) is 1. The fourth-order valence-electron chi connectivity index (χ4n) is 2.57. The van der Waals surface area contributed by atoms with E-state index in [1.807, 2.05) is 18.7 Å². The quantitative estimate of drug-likeness (QED) is 0.869. The van der Waals surface area contributed by atoms with E-state index >= 15 is 0 Å². The van der Waals surface area contributed by atoms with Crippen LogP contribution in [-0.2, 0) is 10.0 Å². The van der Waals surface area contributed by atoms with Crippen molar-refractivity contribution < 1.29 is 13.2 Å². The molecule has 7 heteroatoms. The first-order valence-electron chi connectivity index (χ1n) is 8.37. The molecule has 0 aliphatic carbocycles. The van der Waals surface area contributed by atoms with Gasteiger partial charge in [0, 0.05) is 31.7 Å². The van der Waals surface area contributed by atoms with E-state index in [9.17, 15) is 13.2 Å². The summed E-state index contributed by atoms with van der Waals surface area (Å²) in [5.74, 6) is 0.200. The zero-order valence-corrected chi connectivity index (χ0v) is 15.5. The van der Waals surface area contributed by atoms with Gasteiger partial charge in [-0.1, -0.05) is 13.8 Å². The van der Waals surface area contributed by atoms with Crippen molar-refractivity contribution in [2.45, 2.75) is 25.2 Å². The summed E-state index contributed by atoms with van der Waals surface area (Å²) in [5, 5.41) is 0. The zero-order valence-electron chi connectivity index (χ0n) is 14.7. The average molecular weight is 353 g/mol. The molecule has 0 atom stereocenters. The van der Waals surface area contributed by atoms with Gasteiger partial charge in [-0.2, -0.15) is 0 Å². The van der Waals surface area contributed by atoms with Gasteiger partial charge in [-0.15, -0.1) is 0 Å². The maximum Gasteiger partial charge on any atom is 0.253 e. The third-order valence-electron chi connectivity index (χ3n) is 4.10. The Bertz CT molecular complexity index is 656. The maximum atomic E-state index is 12.6. The monoisotopic (exact) mass is 353 g/mol. The summed E-state index contributed by atoms with van der Waals surface area (Å²) < 4.78 is 26.9. The van der Waals surface area contributed by atoms with Crippen LogP contribution in [0.3, 0.4) is 0 Å². The van der Waals surface area contributed by atoms with Crippen molar-refractivity contribution >= 4 is 15.9 Å². The van der Waals surface area contributed by atoms with Gasteiger partial charge in [0.1, 0.15) is 0 Å². The fraction of sp³-hybridized carbons (Fsp3) is 0.588. The number of sulfonamides is 1. The van der Waals surface area contributed by atoms with E-state index in [1.54, 1.807) is 12.1 Å². The number of hydrogen-bond donors (Lipinski definition) is 1. The molecule has 1 fully saturated rings. The fourth-order valence-corrected chi connectivity index (χ4v) is 3.78. The predicted octanol–water partition coefficient (Wildman–Crippen LogP) is 1.40. The first-order valence-corrected chi connectivity index (χ1v) is 9.85. The van der Waals surface area contributed by atoms with Gasteiger partial charge in [-0.05, 0) is 50.2 Å². The van der Waals surface area contributed by atoms with E-state index in [1.165, 1.54) is 12.1 Å². The molecule has 0 spiro atoms. The lowest BCUT2D eigenvalue weighted by molar-refractivity contribution is 0.0762. The standard InChI is InChI=1S/C17H27N3O3S/c1-14(2)13-18-24(22,23)16-7-5-15(6-8-16)17(21)20-10-4-9-19(3)11-12-20/h5-8,14,18H,4,9-13H2,1-3H3. The van der Waals surface area contributed by atoms with Crippen molar-refractivity contribution in [1.29, 1.82) is 0 Å². The van der Waals surface area contributed by atoms with Crippen molar-refractivity contribution in [2.75, 3.05) is 39.8 Å². The van der Waals surface area contributed by atoms with Gasteiger partial charge in [0.05, 0.1) is 4.90 Å². The molecule has 134 valence electrons. The minimum absolute atomic E-state index is 0.0376. The van der Waals surface area contributed by atoms with Crippen molar-refractivity contribution in [3.63, 3.8) is 0 Å². The molecule has 24 heavy (non-hydrogen) atoms. The Labute approximate surface area is 144 Å². The van der Waals surface area contributed by atoms with Gasteiger partial charge < -0.3 is 9.80 Å². The van der Waals surface area contributed by atoms with Crippen LogP contribution in [0.1, 0.15) is 30.6 Å². The number of carbonyl (C=O) groups is 1. The smallest absolute Gasteiger partial charge is 0.253 e. The number of hydrogen-bond acceptors (Lipinski definition) is 4. The van der Waals surface area contributed by atoms with E-state index < -0.39 is 10.0 Å². The highest BCUT2D eigenvalue weighted by atomic mass is 32.2. The van der Waals surface area contributed by atoms with Gasteiger partial charge in [0.2, 0.25) is 10.0 Å². The Morgan fingerprint density at radius 3 is 2.42 bits per heavy atom. The van der Waals surface area contributed by atoms with Crippen LogP contribution in [0.5, 0.6) is 0 Å². The second-order valence-electron chi connectivity index (χ2n) is 6.72. The average Bonchev–Trinajstić information content (AvgIpc) is 2.77. The number of likely N-dealkylation sites (N-methyl/N-ethyl adjacent to an activating group) is 1. The van der Waals surface area contributed by atoms with Crippen molar-refractivity contribution in [2.24, 2.45) is 5.92 Å². The lowest BCUT2D eigenvalue weighted by Gasteiger charge is -2.20. The van der Waals surface area contributed by atoms with Crippen LogP contribution in [0.2, 0.25) is 0 Å². The second kappa shape index (κ2) is 8.09. The summed E-state index contributed by atoms with van der Waals surface area (Å²) in [6.07, 6.45) is 0.952. The highest BCUT2D eigenvalue weighted by molar-refractivity contribution is 7.89. The Hall–Kier alpha value is -1.44. The SMILES string of the molecule is CC(C)CNS(=O)(=O)c1ccc(C(=O)N2CCCN(C)CC2)cc1. The summed E-state index contributed by atoms with van der Waals surface area (Å²) in [6.45, 7) is 7.57. The van der Waals surface area contributed by atoms with E-state index in [2.05, 4.69) is 16.7 Å². The molecule has 1 saturated heterocycles. The summed E-state index contributed by atoms with van der Waals surface area (Å²) in [5.41, 5.74) is 0.530. The van der Waals surface area contributed by atoms with Gasteiger partial charge >= 0.3 is 0 Å². The molecule has 6 nitrogen and oxygen atoms in total. The van der Waals surface area contributed by atoms with Crippen LogP contribution in [0, 0.1) is 5.92 Å². The van der Waals surface area contributed by atoms with E-state index in [0.717, 1.165) is 26.1 Å². The Morgan fingerprint density at radius 2 is 1.79 bits per heavy atom. The van der Waals surface area contributed by atoms with Crippen LogP contribution in [0.15, 0.2) is 29.2 Å². The van der Waals surface area contributed by atoms with Crippen LogP contribution >= 0.6 is 0 Å². The first kappa shape index (κ1) is 18.9. The maximum absolute atomic E-state index is 12.6. The summed E-state index contributed by atoms with van der Waals surface area (Å²) in [6, 6.07) is 6.20. The third-order valence-corrected chi connectivity index (χ3v) is 5.54. The summed E-state index contributed by atoms with van der Waals surface area (Å²) >= 11 is 0. The summed E-state index contributed by atoms with van der Waals surface area (Å²) in [4.78, 5) is 16.8. The van der Waals surface area contributed by atoms with E-state index in [-0.39, 0.29) is 16.7 Å². The molecule has 1 aliphatic rings. The predicted molar refractivity (Wildman–Crippen MR) is 94.5 cm³/mol. The number of rotatable bonds is 5. The first-order chi connectivity index (χ1) is 11.3. The van der Waals surface area contributed by atoms with Gasteiger partial charge in [0.25, 0.3) is 5.91 Å². The lowest BCUT2D eigenvalue weighted by atomic mass is 10.2. The molecule has 0 aromatic heterocycles. The van der Waals surface area contributed by atoms with Crippen molar-refractivity contribution in [1.82, 2.24) is 14.5 Å². The van der Waals surface area contributed by atoms with Gasteiger partial charge in [0.15, 0.2) is 0 Å². The molecule has 1 amide bonds. The van der Waals surface area contributed by atoms with Crippen molar-refractivity contribution in [3.05, 3.63) is 29.8 Å². The number of carbonyl (C=O) groups excluding carboxylic acids is 1. The van der Waals surface area contributed by atoms with Gasteiger partial charge in [-0.25, -0.2) is 13.1 Å². The molecule has 1 N–H and O–H groups in total. The number of amides is 1. The molecule has 0 radical (unpaired) electrons. The van der Waals surface area contributed by atoms with E-state index in [0.29, 0.717) is 18.7 Å². The second-order valence-corrected chi connectivity index (χ2v) is 8.49. The lowest BCUT2D eigenvalue weighted by Crippen LogP contribution is -2.34. The van der Waals surface area contributed by atoms with Crippen LogP contribution < -0.4 is 4.72 Å². The normalized spacial score (nSPS) is 17.1. The highest BCUT2D eigenvalue weighted by Gasteiger charge is 2.20. The number of benzene rings is 1.